The molecule has 0 radical (unpaired) electrons. The minimum atomic E-state index is -0.811. The van der Waals surface area contributed by atoms with Crippen molar-refractivity contribution in [3.05, 3.63) is 97.9 Å². The Bertz CT molecular complexity index is 1630. The van der Waals surface area contributed by atoms with E-state index in [1.54, 1.807) is 49.4 Å². The summed E-state index contributed by atoms with van der Waals surface area (Å²) in [6, 6.07) is 9.87. The van der Waals surface area contributed by atoms with Crippen LogP contribution in [-0.4, -0.2) is 30.6 Å². The van der Waals surface area contributed by atoms with Gasteiger partial charge >= 0.3 is 5.97 Å². The largest absolute Gasteiger partial charge is 0.490 e. The fourth-order valence-electron chi connectivity index (χ4n) is 4.41. The topological polar surface area (TPSA) is 98.9 Å². The predicted molar refractivity (Wildman–Crippen MR) is 141 cm³/mol. The van der Waals surface area contributed by atoms with E-state index in [-0.39, 0.29) is 26.8 Å². The fraction of sp³-hybridized carbons (Fsp3) is 0.214. The molecule has 188 valence electrons. The summed E-state index contributed by atoms with van der Waals surface area (Å²) in [5, 5.41) is 0.667. The molecule has 0 saturated carbocycles. The number of nitrogens with zero attached hydrogens (tertiary/aromatic N) is 2. The third kappa shape index (κ3) is 4.01. The van der Waals surface area contributed by atoms with Crippen LogP contribution in [0.25, 0.3) is 11.0 Å². The Hall–Kier alpha value is -4.24. The number of hydrogen-bond donors (Lipinski definition) is 0. The van der Waals surface area contributed by atoms with Crippen molar-refractivity contribution in [1.82, 2.24) is 4.98 Å². The van der Waals surface area contributed by atoms with Crippen molar-refractivity contribution in [2.75, 3.05) is 18.6 Å². The number of aryl methyl sites for hydroxylation is 3. The average Bonchev–Trinajstić information content (AvgIpc) is 3.41. The Balaban J connectivity index is 1.73. The predicted octanol–water partition coefficient (Wildman–Crippen LogP) is 5.28. The van der Waals surface area contributed by atoms with E-state index in [9.17, 15) is 14.4 Å². The molecule has 1 unspecified atom stereocenters. The first kappa shape index (κ1) is 24.5. The summed E-state index contributed by atoms with van der Waals surface area (Å²) in [7, 11) is 1.29. The van der Waals surface area contributed by atoms with Gasteiger partial charge in [-0.15, -0.1) is 0 Å². The lowest BCUT2D eigenvalue weighted by Gasteiger charge is -2.22. The second-order valence-corrected chi connectivity index (χ2v) is 9.73. The van der Waals surface area contributed by atoms with Crippen LogP contribution in [0.15, 0.2) is 58.3 Å². The van der Waals surface area contributed by atoms with Crippen molar-refractivity contribution < 1.29 is 23.5 Å². The number of carbonyl (C=O) groups excluding carboxylic acids is 2. The molecule has 9 heteroatoms. The molecule has 1 aliphatic rings. The Morgan fingerprint density at radius 3 is 2.54 bits per heavy atom. The molecule has 0 N–H and O–H groups in total. The summed E-state index contributed by atoms with van der Waals surface area (Å²) < 4.78 is 16.5. The molecule has 8 nitrogen and oxygen atoms in total. The van der Waals surface area contributed by atoms with Gasteiger partial charge in [0.25, 0.3) is 5.91 Å². The lowest BCUT2D eigenvalue weighted by Crippen LogP contribution is -2.29. The van der Waals surface area contributed by atoms with Gasteiger partial charge in [0, 0.05) is 0 Å². The number of hydrogen-bond acceptors (Lipinski definition) is 8. The molecule has 0 saturated heterocycles. The van der Waals surface area contributed by atoms with Crippen LogP contribution in [0.2, 0.25) is 0 Å². The zero-order chi connectivity index (χ0) is 26.4. The number of benzene rings is 2. The molecule has 0 fully saturated rings. The van der Waals surface area contributed by atoms with Crippen molar-refractivity contribution in [2.24, 2.45) is 0 Å². The number of fused-ring (bicyclic) bond motifs is 2. The maximum atomic E-state index is 13.9. The molecule has 5 rings (SSSR count). The van der Waals surface area contributed by atoms with Gasteiger partial charge in [-0.1, -0.05) is 36.1 Å². The molecule has 2 aromatic heterocycles. The van der Waals surface area contributed by atoms with E-state index in [0.717, 1.165) is 22.5 Å². The Labute approximate surface area is 216 Å². The highest BCUT2D eigenvalue weighted by molar-refractivity contribution is 7.17. The van der Waals surface area contributed by atoms with Gasteiger partial charge in [-0.2, -0.15) is 0 Å². The van der Waals surface area contributed by atoms with E-state index in [1.807, 2.05) is 13.8 Å². The number of aromatic nitrogens is 1. The van der Waals surface area contributed by atoms with Gasteiger partial charge in [-0.25, -0.2) is 9.78 Å². The van der Waals surface area contributed by atoms with Gasteiger partial charge in [0.15, 0.2) is 10.6 Å². The lowest BCUT2D eigenvalue weighted by atomic mass is 9.97. The van der Waals surface area contributed by atoms with Gasteiger partial charge in [-0.05, 0) is 61.7 Å². The minimum absolute atomic E-state index is 0.0368. The Morgan fingerprint density at radius 2 is 1.86 bits per heavy atom. The number of esters is 1. The Morgan fingerprint density at radius 1 is 1.16 bits per heavy atom. The number of anilines is 1. The van der Waals surface area contributed by atoms with Gasteiger partial charge in [-0.3, -0.25) is 14.5 Å². The fourth-order valence-corrected chi connectivity index (χ4v) is 5.42. The van der Waals surface area contributed by atoms with Gasteiger partial charge in [0.2, 0.25) is 5.76 Å². The quantitative estimate of drug-likeness (QED) is 0.254. The molecular weight excluding hydrogens is 492 g/mol. The molecule has 1 atom stereocenters. The van der Waals surface area contributed by atoms with E-state index < -0.39 is 17.9 Å². The molecule has 37 heavy (non-hydrogen) atoms. The number of thiazole rings is 1. The first-order chi connectivity index (χ1) is 17.7. The first-order valence-electron chi connectivity index (χ1n) is 11.6. The third-order valence-corrected chi connectivity index (χ3v) is 7.55. The second kappa shape index (κ2) is 9.33. The van der Waals surface area contributed by atoms with Crippen molar-refractivity contribution in [1.29, 1.82) is 0 Å². The zero-order valence-corrected chi connectivity index (χ0v) is 21.6. The van der Waals surface area contributed by atoms with Gasteiger partial charge in [0.05, 0.1) is 29.8 Å². The smallest absolute Gasteiger partial charge is 0.350 e. The molecular formula is C28H24N2O6S. The SMILES string of the molecule is C=CCOc1ccc(C2c3c(oc4cc(C)c(C)cc4c3=O)C(=O)N2c2nc(C)c(C(=O)OC)s2)cc1. The normalized spacial score (nSPS) is 14.6. The molecule has 1 aliphatic heterocycles. The number of ether oxygens (including phenoxy) is 2. The van der Waals surface area contributed by atoms with E-state index in [0.29, 0.717) is 34.6 Å². The average molecular weight is 517 g/mol. The van der Waals surface area contributed by atoms with E-state index in [4.69, 9.17) is 13.9 Å². The van der Waals surface area contributed by atoms with E-state index >= 15 is 0 Å². The van der Waals surface area contributed by atoms with Crippen molar-refractivity contribution in [3.8, 4) is 5.75 Å². The standard InChI is InChI=1S/C28H24N2O6S/c1-6-11-35-18-9-7-17(8-10-18)22-21-23(31)19-12-14(2)15(3)13-20(19)36-24(21)26(32)30(22)28-29-16(4)25(37-28)27(33)34-5/h6-10,12-13,22H,1,11H2,2-5H3. The molecule has 2 aromatic carbocycles. The summed E-state index contributed by atoms with van der Waals surface area (Å²) in [5.41, 5.74) is 3.28. The number of rotatable bonds is 6. The van der Waals surface area contributed by atoms with Crippen molar-refractivity contribution in [2.45, 2.75) is 26.8 Å². The van der Waals surface area contributed by atoms with Crippen LogP contribution in [0.5, 0.6) is 5.75 Å². The summed E-state index contributed by atoms with van der Waals surface area (Å²) in [6.45, 7) is 9.51. The van der Waals surface area contributed by atoms with Crippen LogP contribution in [0.4, 0.5) is 5.13 Å². The molecule has 3 heterocycles. The number of amides is 1. The molecule has 0 spiro atoms. The summed E-state index contributed by atoms with van der Waals surface area (Å²) in [6.07, 6.45) is 1.64. The first-order valence-corrected chi connectivity index (χ1v) is 12.4. The van der Waals surface area contributed by atoms with Gasteiger partial charge in [0.1, 0.15) is 22.8 Å². The van der Waals surface area contributed by atoms with Crippen LogP contribution >= 0.6 is 11.3 Å². The van der Waals surface area contributed by atoms with Crippen molar-refractivity contribution >= 4 is 39.3 Å². The highest BCUT2D eigenvalue weighted by Crippen LogP contribution is 2.43. The van der Waals surface area contributed by atoms with Crippen LogP contribution in [0, 0.1) is 20.8 Å². The third-order valence-electron chi connectivity index (χ3n) is 6.41. The number of carbonyl (C=O) groups is 2. The van der Waals surface area contributed by atoms with Crippen LogP contribution < -0.4 is 15.1 Å². The monoisotopic (exact) mass is 516 g/mol. The summed E-state index contributed by atoms with van der Waals surface area (Å²) >= 11 is 1.03. The van der Waals surface area contributed by atoms with E-state index in [2.05, 4.69) is 11.6 Å². The molecule has 0 bridgehead atoms. The lowest BCUT2D eigenvalue weighted by molar-refractivity contribution is 0.0605. The summed E-state index contributed by atoms with van der Waals surface area (Å²) in [4.78, 5) is 46.1. The number of methoxy groups -OCH3 is 1. The maximum Gasteiger partial charge on any atom is 0.350 e. The van der Waals surface area contributed by atoms with Gasteiger partial charge < -0.3 is 13.9 Å². The highest BCUT2D eigenvalue weighted by Gasteiger charge is 2.45. The Kier molecular flexibility index (Phi) is 6.16. The molecule has 0 aliphatic carbocycles. The zero-order valence-electron chi connectivity index (χ0n) is 20.8. The minimum Gasteiger partial charge on any atom is -0.490 e. The summed E-state index contributed by atoms with van der Waals surface area (Å²) in [5.74, 6) is -0.467. The molecule has 4 aromatic rings. The highest BCUT2D eigenvalue weighted by atomic mass is 32.1. The van der Waals surface area contributed by atoms with Crippen LogP contribution in [0.1, 0.15) is 54.2 Å². The van der Waals surface area contributed by atoms with E-state index in [1.165, 1.54) is 12.0 Å². The van der Waals surface area contributed by atoms with Crippen LogP contribution in [0.3, 0.4) is 0 Å². The van der Waals surface area contributed by atoms with Crippen molar-refractivity contribution in [3.63, 3.8) is 0 Å². The maximum absolute atomic E-state index is 13.9. The molecule has 1 amide bonds. The second-order valence-electron chi connectivity index (χ2n) is 8.76. The van der Waals surface area contributed by atoms with Crippen LogP contribution in [-0.2, 0) is 4.74 Å².